The highest BCUT2D eigenvalue weighted by molar-refractivity contribution is 6.17. The molecule has 0 saturated heterocycles. The van der Waals surface area contributed by atoms with E-state index in [1.165, 1.54) is 5.56 Å². The first-order valence-electron chi connectivity index (χ1n) is 7.54. The number of alkyl halides is 1. The lowest BCUT2D eigenvalue weighted by Crippen LogP contribution is -2.37. The van der Waals surface area contributed by atoms with Gasteiger partial charge in [-0.1, -0.05) is 71.9 Å². The van der Waals surface area contributed by atoms with Crippen molar-refractivity contribution in [1.29, 1.82) is 0 Å². The number of hydrogen-bond donors (Lipinski definition) is 0. The van der Waals surface area contributed by atoms with Crippen LogP contribution in [0.25, 0.3) is 0 Å². The van der Waals surface area contributed by atoms with Gasteiger partial charge in [-0.3, -0.25) is 0 Å². The zero-order valence-corrected chi connectivity index (χ0v) is 14.9. The second kappa shape index (κ2) is 7.62. The lowest BCUT2D eigenvalue weighted by atomic mass is 9.84. The van der Waals surface area contributed by atoms with Gasteiger partial charge in [0.1, 0.15) is 0 Å². The molecule has 0 aliphatic carbocycles. The van der Waals surface area contributed by atoms with E-state index in [9.17, 15) is 0 Å². The van der Waals surface area contributed by atoms with Gasteiger partial charge in [0.25, 0.3) is 0 Å². The van der Waals surface area contributed by atoms with Gasteiger partial charge in [0, 0.05) is 11.3 Å². The Morgan fingerprint density at radius 2 is 1.52 bits per heavy atom. The first-order valence-corrected chi connectivity index (χ1v) is 8.07. The zero-order chi connectivity index (χ0) is 16.1. The number of benzene rings is 1. The molecule has 2 atom stereocenters. The van der Waals surface area contributed by atoms with Crippen molar-refractivity contribution in [1.82, 2.24) is 0 Å². The van der Waals surface area contributed by atoms with Gasteiger partial charge in [-0.15, -0.1) is 11.6 Å². The molecule has 1 aromatic rings. The van der Waals surface area contributed by atoms with Crippen LogP contribution in [0.5, 0.6) is 0 Å². The molecular weight excluding hydrogens is 284 g/mol. The fourth-order valence-electron chi connectivity index (χ4n) is 2.18. The highest BCUT2D eigenvalue weighted by Gasteiger charge is 2.35. The molecule has 3 heteroatoms. The zero-order valence-electron chi connectivity index (χ0n) is 14.2. The van der Waals surface area contributed by atoms with Gasteiger partial charge in [-0.05, 0) is 11.0 Å². The highest BCUT2D eigenvalue weighted by atomic mass is 35.5. The van der Waals surface area contributed by atoms with E-state index < -0.39 is 0 Å². The van der Waals surface area contributed by atoms with Crippen LogP contribution in [-0.2, 0) is 9.47 Å². The Bertz CT molecular complexity index is 403. The molecule has 0 radical (unpaired) electrons. The van der Waals surface area contributed by atoms with Crippen LogP contribution in [0.15, 0.2) is 30.3 Å². The van der Waals surface area contributed by atoms with Gasteiger partial charge in [-0.2, -0.15) is 0 Å². The van der Waals surface area contributed by atoms with E-state index in [0.717, 1.165) is 0 Å². The van der Waals surface area contributed by atoms with E-state index in [0.29, 0.717) is 12.5 Å². The Labute approximate surface area is 134 Å². The molecule has 0 aliphatic rings. The van der Waals surface area contributed by atoms with Crippen LogP contribution in [0.3, 0.4) is 0 Å². The molecule has 2 nitrogen and oxygen atoms in total. The summed E-state index contributed by atoms with van der Waals surface area (Å²) in [6.07, 6.45) is -0.320. The summed E-state index contributed by atoms with van der Waals surface area (Å²) in [6.45, 7) is 13.4. The van der Waals surface area contributed by atoms with Crippen LogP contribution < -0.4 is 0 Å². The summed E-state index contributed by atoms with van der Waals surface area (Å²) in [4.78, 5) is 0. The van der Waals surface area contributed by atoms with Crippen molar-refractivity contribution >= 4 is 11.6 Å². The highest BCUT2D eigenvalue weighted by Crippen LogP contribution is 2.39. The second-order valence-corrected chi connectivity index (χ2v) is 7.93. The van der Waals surface area contributed by atoms with Crippen molar-refractivity contribution in [3.05, 3.63) is 35.9 Å². The molecule has 21 heavy (non-hydrogen) atoms. The normalized spacial score (nSPS) is 15.8. The van der Waals surface area contributed by atoms with E-state index in [2.05, 4.69) is 53.7 Å². The molecule has 0 N–H and O–H groups in total. The third kappa shape index (κ3) is 5.98. The standard InChI is InChI=1S/C18H29ClO2/c1-17(2,3)15(14-10-8-7-9-11-14)21-16(18(4,5)6)20-13-12-19/h7-11,15-16H,12-13H2,1-6H3. The number of rotatable bonds is 6. The Balaban J connectivity index is 2.99. The first-order chi connectivity index (χ1) is 9.66. The van der Waals surface area contributed by atoms with E-state index >= 15 is 0 Å². The Morgan fingerprint density at radius 3 is 1.95 bits per heavy atom. The Hall–Kier alpha value is -0.570. The summed E-state index contributed by atoms with van der Waals surface area (Å²) in [7, 11) is 0. The van der Waals surface area contributed by atoms with Crippen molar-refractivity contribution in [2.24, 2.45) is 10.8 Å². The molecule has 0 aliphatic heterocycles. The van der Waals surface area contributed by atoms with Crippen LogP contribution in [-0.4, -0.2) is 18.8 Å². The maximum atomic E-state index is 6.39. The van der Waals surface area contributed by atoms with Gasteiger partial charge in [0.05, 0.1) is 12.7 Å². The van der Waals surface area contributed by atoms with Gasteiger partial charge in [0.15, 0.2) is 6.29 Å². The lowest BCUT2D eigenvalue weighted by Gasteiger charge is -2.38. The summed E-state index contributed by atoms with van der Waals surface area (Å²) in [5.74, 6) is 0.474. The molecule has 0 aromatic heterocycles. The van der Waals surface area contributed by atoms with Gasteiger partial charge >= 0.3 is 0 Å². The minimum Gasteiger partial charge on any atom is -0.351 e. The maximum Gasteiger partial charge on any atom is 0.163 e. The largest absolute Gasteiger partial charge is 0.351 e. The fourth-order valence-corrected chi connectivity index (χ4v) is 2.27. The average molecular weight is 313 g/mol. The molecule has 0 spiro atoms. The van der Waals surface area contributed by atoms with Crippen LogP contribution >= 0.6 is 11.6 Å². The SMILES string of the molecule is CC(C)(C)C(OCCCl)OC(c1ccccc1)C(C)(C)C. The smallest absolute Gasteiger partial charge is 0.163 e. The van der Waals surface area contributed by atoms with E-state index in [1.807, 2.05) is 18.2 Å². The van der Waals surface area contributed by atoms with Crippen molar-refractivity contribution in [3.8, 4) is 0 Å². The monoisotopic (exact) mass is 312 g/mol. The number of halogens is 1. The molecule has 1 aromatic carbocycles. The molecule has 0 bridgehead atoms. The summed E-state index contributed by atoms with van der Waals surface area (Å²) in [6, 6.07) is 10.3. The second-order valence-electron chi connectivity index (χ2n) is 7.55. The molecule has 0 amide bonds. The summed E-state index contributed by atoms with van der Waals surface area (Å²) in [5, 5.41) is 0. The third-order valence-electron chi connectivity index (χ3n) is 3.20. The summed E-state index contributed by atoms with van der Waals surface area (Å²) in [5.41, 5.74) is 1.05. The molecule has 120 valence electrons. The maximum absolute atomic E-state index is 6.39. The minimum absolute atomic E-state index is 0.0187. The molecule has 2 unspecified atom stereocenters. The van der Waals surface area contributed by atoms with E-state index in [1.54, 1.807) is 0 Å². The van der Waals surface area contributed by atoms with Crippen LogP contribution in [0, 0.1) is 10.8 Å². The fraction of sp³-hybridized carbons (Fsp3) is 0.667. The van der Waals surface area contributed by atoms with E-state index in [4.69, 9.17) is 21.1 Å². The quantitative estimate of drug-likeness (QED) is 0.516. The minimum atomic E-state index is -0.291. The number of hydrogen-bond acceptors (Lipinski definition) is 2. The van der Waals surface area contributed by atoms with Crippen LogP contribution in [0.2, 0.25) is 0 Å². The Morgan fingerprint density at radius 1 is 0.952 bits per heavy atom. The third-order valence-corrected chi connectivity index (χ3v) is 3.36. The average Bonchev–Trinajstić information content (AvgIpc) is 2.37. The van der Waals surface area contributed by atoms with Crippen molar-refractivity contribution in [2.75, 3.05) is 12.5 Å². The predicted octanol–water partition coefficient (Wildman–Crippen LogP) is 5.42. The first kappa shape index (κ1) is 18.5. The molecular formula is C18H29ClO2. The van der Waals surface area contributed by atoms with Crippen LogP contribution in [0.1, 0.15) is 53.2 Å². The molecule has 1 rings (SSSR count). The summed E-state index contributed by atoms with van der Waals surface area (Å²) < 4.78 is 12.2. The topological polar surface area (TPSA) is 18.5 Å². The van der Waals surface area contributed by atoms with Crippen molar-refractivity contribution in [2.45, 2.75) is 53.9 Å². The van der Waals surface area contributed by atoms with Gasteiger partial charge in [0.2, 0.25) is 0 Å². The summed E-state index contributed by atoms with van der Waals surface area (Å²) >= 11 is 5.76. The van der Waals surface area contributed by atoms with Gasteiger partial charge < -0.3 is 9.47 Å². The number of ether oxygens (including phenoxy) is 2. The van der Waals surface area contributed by atoms with Crippen molar-refractivity contribution in [3.63, 3.8) is 0 Å². The van der Waals surface area contributed by atoms with Crippen LogP contribution in [0.4, 0.5) is 0 Å². The van der Waals surface area contributed by atoms with Gasteiger partial charge in [-0.25, -0.2) is 0 Å². The van der Waals surface area contributed by atoms with E-state index in [-0.39, 0.29) is 23.2 Å². The van der Waals surface area contributed by atoms with Crippen molar-refractivity contribution < 1.29 is 9.47 Å². The molecule has 0 saturated carbocycles. The Kier molecular flexibility index (Phi) is 6.71. The predicted molar refractivity (Wildman–Crippen MR) is 89.6 cm³/mol. The molecule has 0 heterocycles. The lowest BCUT2D eigenvalue weighted by molar-refractivity contribution is -0.234. The molecule has 0 fully saturated rings.